The van der Waals surface area contributed by atoms with Crippen molar-refractivity contribution in [2.24, 2.45) is 0 Å². The fraction of sp³-hybridized carbons (Fsp3) is 0.0930. The van der Waals surface area contributed by atoms with E-state index in [4.69, 9.17) is 46.4 Å². The van der Waals surface area contributed by atoms with E-state index in [-0.39, 0.29) is 47.9 Å². The van der Waals surface area contributed by atoms with Gasteiger partial charge in [-0.05, 0) is 155 Å². The van der Waals surface area contributed by atoms with E-state index in [9.17, 15) is 19.2 Å². The summed E-state index contributed by atoms with van der Waals surface area (Å²) < 4.78 is 0. The highest BCUT2D eigenvalue weighted by Gasteiger charge is 2.28. The zero-order valence-electron chi connectivity index (χ0n) is 54.8. The molecule has 12 heteroatoms. The van der Waals surface area contributed by atoms with Gasteiger partial charge in [-0.25, -0.2) is 0 Å². The van der Waals surface area contributed by atoms with Gasteiger partial charge in [-0.1, -0.05) is 297 Å². The highest BCUT2D eigenvalue weighted by Crippen LogP contribution is 2.40. The molecular weight excluding hydrogens is 1340 g/mol. The van der Waals surface area contributed by atoms with Gasteiger partial charge >= 0.3 is 0 Å². The fourth-order valence-electron chi connectivity index (χ4n) is 10.6. The molecule has 0 saturated carbocycles. The smallest absolute Gasteiger partial charge is 0.190 e. The van der Waals surface area contributed by atoms with Gasteiger partial charge in [0, 0.05) is 86.1 Å². The normalized spacial score (nSPS) is 11.9. The van der Waals surface area contributed by atoms with Gasteiger partial charge < -0.3 is 0 Å². The summed E-state index contributed by atoms with van der Waals surface area (Å²) in [7, 11) is 3.99. The number of hydrogen-bond acceptors (Lipinski definition) is 6. The second-order valence-corrected chi connectivity index (χ2v) is 24.7. The van der Waals surface area contributed by atoms with Crippen LogP contribution in [0.2, 0.25) is 20.1 Å². The average Bonchev–Trinajstić information content (AvgIpc) is 1.61. The third-order valence-electron chi connectivity index (χ3n) is 15.3. The Morgan fingerprint density at radius 2 is 0.684 bits per heavy atom. The van der Waals surface area contributed by atoms with Gasteiger partial charge in [0.05, 0.1) is 0 Å². The molecule has 10 aromatic rings. The first-order valence-electron chi connectivity index (χ1n) is 31.1. The van der Waals surface area contributed by atoms with Gasteiger partial charge in [-0.15, -0.1) is 24.8 Å². The molecule has 0 saturated heterocycles. The quantitative estimate of drug-likeness (QED) is 0.0527. The van der Waals surface area contributed by atoms with Crippen molar-refractivity contribution >= 4 is 140 Å². The Balaban J connectivity index is 0.000000209. The molecule has 0 aliphatic heterocycles. The second-order valence-electron chi connectivity index (χ2n) is 23.0. The number of rotatable bonds is 21. The minimum Gasteiger partial charge on any atom is -0.298 e. The first kappa shape index (κ1) is 77.7. The largest absolute Gasteiger partial charge is 0.298 e. The minimum atomic E-state index is -0.0499. The molecule has 98 heavy (non-hydrogen) atoms. The first-order chi connectivity index (χ1) is 46.4. The van der Waals surface area contributed by atoms with Crippen molar-refractivity contribution in [1.82, 2.24) is 9.80 Å². The maximum atomic E-state index is 13.3. The van der Waals surface area contributed by atoms with Crippen molar-refractivity contribution in [3.05, 3.63) is 391 Å². The van der Waals surface area contributed by atoms with E-state index in [1.807, 2.05) is 287 Å². The van der Waals surface area contributed by atoms with Crippen molar-refractivity contribution in [1.29, 1.82) is 0 Å². The lowest BCUT2D eigenvalue weighted by Gasteiger charge is -2.18. The summed E-state index contributed by atoms with van der Waals surface area (Å²) in [5.41, 5.74) is 15.4. The number of carbonyl (C=O) groups is 4. The molecule has 0 aromatic heterocycles. The number of nitrogens with zero attached hydrogens (tertiary/aromatic N) is 2. The van der Waals surface area contributed by atoms with E-state index in [1.54, 1.807) is 6.92 Å². The maximum absolute atomic E-state index is 13.3. The molecule has 496 valence electrons. The van der Waals surface area contributed by atoms with Crippen LogP contribution in [0.3, 0.4) is 0 Å². The fourth-order valence-corrected chi connectivity index (χ4v) is 11.1. The minimum absolute atomic E-state index is 0. The molecule has 6 nitrogen and oxygen atoms in total. The van der Waals surface area contributed by atoms with Crippen LogP contribution in [-0.4, -0.2) is 60.1 Å². The third kappa shape index (κ3) is 24.1. The number of ketones is 4. The van der Waals surface area contributed by atoms with Crippen LogP contribution in [0.1, 0.15) is 69.0 Å². The van der Waals surface area contributed by atoms with Gasteiger partial charge in [0.1, 0.15) is 0 Å². The zero-order valence-corrected chi connectivity index (χ0v) is 59.5. The number of carbonyl (C=O) groups excluding carboxylic acids is 4. The van der Waals surface area contributed by atoms with E-state index in [2.05, 4.69) is 53.8 Å². The van der Waals surface area contributed by atoms with Crippen molar-refractivity contribution < 1.29 is 19.2 Å². The van der Waals surface area contributed by atoms with Gasteiger partial charge in [0.15, 0.2) is 23.1 Å². The summed E-state index contributed by atoms with van der Waals surface area (Å²) in [6, 6.07) is 89.1. The van der Waals surface area contributed by atoms with E-state index in [0.29, 0.717) is 73.0 Å². The summed E-state index contributed by atoms with van der Waals surface area (Å²) >= 11 is 23.8. The lowest BCUT2D eigenvalue weighted by atomic mass is 9.95. The van der Waals surface area contributed by atoms with Crippen molar-refractivity contribution in [2.45, 2.75) is 26.4 Å². The molecule has 0 unspecified atom stereocenters. The van der Waals surface area contributed by atoms with Crippen LogP contribution in [0.4, 0.5) is 0 Å². The molecule has 10 aromatic carbocycles. The van der Waals surface area contributed by atoms with Gasteiger partial charge in [-0.3, -0.25) is 29.0 Å². The van der Waals surface area contributed by atoms with Gasteiger partial charge in [-0.2, -0.15) is 0 Å². The standard InChI is InChI=1S/2C26H24ClNO.C18H13ClO.C16H13ClO.2ClH/c2*1-20(18-28(2)19-22-9-5-3-6-10-22)26(29)25(23-11-7-4-8-12-23)17-21-13-15-24(27)16-14-21;1-12-11-16(13-7-9-15(19)10-8-13)17(18(12)20)14-5-3-2-4-6-14;1-12(18)16(14-5-3-2-4-6-14)11-13-7-9-15(17)10-8-13;;/h2*3-17H,1,18-19H2,2H3;2-10H,1,11H2;2-11H,1H3;2*1H/b25-17+;25-17-;;16-11-;;. The Morgan fingerprint density at radius 3 is 1.01 bits per heavy atom. The molecule has 1 aliphatic rings. The molecule has 0 amide bonds. The Bertz CT molecular complexity index is 4240. The topological polar surface area (TPSA) is 74.8 Å². The van der Waals surface area contributed by atoms with Crippen LogP contribution in [0.5, 0.6) is 0 Å². The number of benzene rings is 10. The molecule has 11 rings (SSSR count). The van der Waals surface area contributed by atoms with Crippen LogP contribution in [0, 0.1) is 0 Å². The molecule has 0 radical (unpaired) electrons. The Labute approximate surface area is 609 Å². The molecule has 0 bridgehead atoms. The molecule has 1 aliphatic carbocycles. The third-order valence-corrected chi connectivity index (χ3v) is 16.3. The van der Waals surface area contributed by atoms with E-state index in [1.165, 1.54) is 11.1 Å². The summed E-state index contributed by atoms with van der Waals surface area (Å²) in [6.45, 7) is 16.1. The van der Waals surface area contributed by atoms with Crippen LogP contribution in [0.15, 0.2) is 316 Å². The lowest BCUT2D eigenvalue weighted by molar-refractivity contribution is -0.112. The highest BCUT2D eigenvalue weighted by atomic mass is 35.5. The van der Waals surface area contributed by atoms with E-state index < -0.39 is 0 Å². The second kappa shape index (κ2) is 39.8. The Hall–Kier alpha value is -9.28. The van der Waals surface area contributed by atoms with Gasteiger partial charge in [0.25, 0.3) is 0 Å². The molecular formula is C86H76Cl6N2O4. The summed E-state index contributed by atoms with van der Waals surface area (Å²) in [6.07, 6.45) is 6.28. The van der Waals surface area contributed by atoms with E-state index in [0.717, 1.165) is 68.7 Å². The van der Waals surface area contributed by atoms with Crippen LogP contribution in [0.25, 0.3) is 46.1 Å². The number of hydrogen-bond donors (Lipinski definition) is 0. The molecule has 0 N–H and O–H groups in total. The number of allylic oxidation sites excluding steroid dienone is 6. The summed E-state index contributed by atoms with van der Waals surface area (Å²) in [5, 5.41) is 2.72. The number of halogens is 6. The molecule has 0 fully saturated rings. The monoisotopic (exact) mass is 1410 g/mol. The van der Waals surface area contributed by atoms with Crippen LogP contribution < -0.4 is 0 Å². The predicted molar refractivity (Wildman–Crippen MR) is 420 cm³/mol. The van der Waals surface area contributed by atoms with Crippen LogP contribution >= 0.6 is 71.2 Å². The average molecular weight is 1410 g/mol. The van der Waals surface area contributed by atoms with Crippen molar-refractivity contribution in [3.8, 4) is 0 Å². The number of Topliss-reactive ketones (excluding diaryl/α,β-unsaturated/α-hetero) is 4. The van der Waals surface area contributed by atoms with Crippen molar-refractivity contribution in [2.75, 3.05) is 27.2 Å². The zero-order chi connectivity index (χ0) is 68.3. The first-order valence-corrected chi connectivity index (χ1v) is 32.7. The summed E-state index contributed by atoms with van der Waals surface area (Å²) in [4.78, 5) is 54.9. The van der Waals surface area contributed by atoms with Crippen LogP contribution in [-0.2, 0) is 32.3 Å². The molecule has 0 atom stereocenters. The molecule has 0 spiro atoms. The highest BCUT2D eigenvalue weighted by molar-refractivity contribution is 6.39. The maximum Gasteiger partial charge on any atom is 0.190 e. The Morgan fingerprint density at radius 1 is 0.398 bits per heavy atom. The Kier molecular flexibility index (Phi) is 31.6. The lowest BCUT2D eigenvalue weighted by Crippen LogP contribution is -2.23. The molecule has 0 heterocycles. The van der Waals surface area contributed by atoms with Crippen molar-refractivity contribution in [3.63, 3.8) is 0 Å². The van der Waals surface area contributed by atoms with E-state index >= 15 is 0 Å². The number of likely N-dealkylation sites (N-methyl/N-ethyl adjacent to an activating group) is 2. The predicted octanol–water partition coefficient (Wildman–Crippen LogP) is 22.4. The SMILES string of the molecule is C=C(CN(C)Cc1ccccc1)C(=O)/C(=C/c1ccc(Cl)cc1)c1ccccc1.C=C(CN(C)Cc1ccccc1)C(=O)/C(=C\c1ccc(Cl)cc1)c1ccccc1.C=C1CC(c2ccc(Cl)cc2)=C(c2ccccc2)C1=O.CC(=O)/C(=C/c1ccc(Cl)cc1)c1ccccc1.Cl.Cl. The van der Waals surface area contributed by atoms with Gasteiger partial charge in [0.2, 0.25) is 0 Å². The summed E-state index contributed by atoms with van der Waals surface area (Å²) in [5.74, 6) is -0.00516.